The van der Waals surface area contributed by atoms with Crippen LogP contribution in [0, 0.1) is 0 Å². The summed E-state index contributed by atoms with van der Waals surface area (Å²) >= 11 is 1.38. The summed E-state index contributed by atoms with van der Waals surface area (Å²) in [4.78, 5) is 9.20. The lowest BCUT2D eigenvalue weighted by Gasteiger charge is -2.00. The van der Waals surface area contributed by atoms with Crippen molar-refractivity contribution in [3.8, 4) is 0 Å². The SMILES string of the molecule is c1ccc2nc3c(ccc4snnc43)nc2c1. The minimum atomic E-state index is 0.829. The average Bonchev–Trinajstić information content (AvgIpc) is 2.85. The molecule has 0 radical (unpaired) electrons. The van der Waals surface area contributed by atoms with Crippen LogP contribution >= 0.6 is 11.5 Å². The quantitative estimate of drug-likeness (QED) is 0.442. The van der Waals surface area contributed by atoms with Crippen LogP contribution in [0.25, 0.3) is 32.3 Å². The molecule has 0 saturated carbocycles. The van der Waals surface area contributed by atoms with Gasteiger partial charge in [0.25, 0.3) is 0 Å². The van der Waals surface area contributed by atoms with Gasteiger partial charge < -0.3 is 0 Å². The average molecular weight is 238 g/mol. The summed E-state index contributed by atoms with van der Waals surface area (Å²) in [6.45, 7) is 0. The number of para-hydroxylation sites is 2. The first-order valence-electron chi connectivity index (χ1n) is 5.19. The molecule has 0 aliphatic rings. The van der Waals surface area contributed by atoms with E-state index in [0.717, 1.165) is 32.3 Å². The molecule has 0 unspecified atom stereocenters. The van der Waals surface area contributed by atoms with Crippen molar-refractivity contribution >= 4 is 43.8 Å². The first-order chi connectivity index (χ1) is 8.42. The van der Waals surface area contributed by atoms with Crippen LogP contribution in [-0.4, -0.2) is 19.6 Å². The summed E-state index contributed by atoms with van der Waals surface area (Å²) in [5.74, 6) is 0. The summed E-state index contributed by atoms with van der Waals surface area (Å²) in [6.07, 6.45) is 0. The molecule has 0 atom stereocenters. The lowest BCUT2D eigenvalue weighted by molar-refractivity contribution is 1.20. The number of fused-ring (bicyclic) bond motifs is 4. The molecule has 5 heteroatoms. The summed E-state index contributed by atoms with van der Waals surface area (Å²) in [6, 6.07) is 11.8. The van der Waals surface area contributed by atoms with Crippen LogP contribution in [0.4, 0.5) is 0 Å². The van der Waals surface area contributed by atoms with Gasteiger partial charge in [-0.05, 0) is 35.8 Å². The van der Waals surface area contributed by atoms with E-state index in [9.17, 15) is 0 Å². The molecule has 2 aromatic heterocycles. The maximum absolute atomic E-state index is 4.62. The predicted molar refractivity (Wildman–Crippen MR) is 68.0 cm³/mol. The van der Waals surface area contributed by atoms with Gasteiger partial charge in [-0.25, -0.2) is 9.97 Å². The molecule has 0 bridgehead atoms. The van der Waals surface area contributed by atoms with Gasteiger partial charge in [-0.2, -0.15) is 0 Å². The van der Waals surface area contributed by atoms with E-state index in [0.29, 0.717) is 0 Å². The maximum Gasteiger partial charge on any atom is 0.133 e. The normalized spacial score (nSPS) is 11.5. The summed E-state index contributed by atoms with van der Waals surface area (Å²) in [7, 11) is 0. The molecule has 17 heavy (non-hydrogen) atoms. The second-order valence-electron chi connectivity index (χ2n) is 3.77. The van der Waals surface area contributed by atoms with E-state index in [1.54, 1.807) is 0 Å². The fourth-order valence-corrected chi connectivity index (χ4v) is 2.49. The van der Waals surface area contributed by atoms with Gasteiger partial charge in [-0.1, -0.05) is 16.6 Å². The zero-order chi connectivity index (χ0) is 11.2. The molecule has 80 valence electrons. The van der Waals surface area contributed by atoms with Crippen LogP contribution < -0.4 is 0 Å². The van der Waals surface area contributed by atoms with E-state index in [4.69, 9.17) is 0 Å². The van der Waals surface area contributed by atoms with E-state index >= 15 is 0 Å². The Morgan fingerprint density at radius 1 is 0.765 bits per heavy atom. The number of aromatic nitrogens is 4. The monoisotopic (exact) mass is 238 g/mol. The van der Waals surface area contributed by atoms with Crippen molar-refractivity contribution in [3.05, 3.63) is 36.4 Å². The molecule has 2 aromatic carbocycles. The molecule has 0 spiro atoms. The lowest BCUT2D eigenvalue weighted by atomic mass is 10.2. The Kier molecular flexibility index (Phi) is 1.67. The van der Waals surface area contributed by atoms with Gasteiger partial charge in [0.15, 0.2) is 0 Å². The second-order valence-corrected chi connectivity index (χ2v) is 4.55. The van der Waals surface area contributed by atoms with Crippen LogP contribution in [-0.2, 0) is 0 Å². The zero-order valence-corrected chi connectivity index (χ0v) is 9.48. The molecular formula is C12H6N4S. The minimum absolute atomic E-state index is 0.829. The molecule has 2 heterocycles. The molecule has 0 saturated heterocycles. The van der Waals surface area contributed by atoms with E-state index in [2.05, 4.69) is 19.6 Å². The third kappa shape index (κ3) is 1.23. The van der Waals surface area contributed by atoms with E-state index in [1.807, 2.05) is 36.4 Å². The largest absolute Gasteiger partial charge is 0.244 e. The summed E-state index contributed by atoms with van der Waals surface area (Å²) in [5.41, 5.74) is 4.33. The second kappa shape index (κ2) is 3.18. The van der Waals surface area contributed by atoms with Gasteiger partial charge in [0.05, 0.1) is 21.3 Å². The van der Waals surface area contributed by atoms with Gasteiger partial charge in [0.1, 0.15) is 11.0 Å². The van der Waals surface area contributed by atoms with Crippen molar-refractivity contribution in [2.75, 3.05) is 0 Å². The number of nitrogens with zero attached hydrogens (tertiary/aromatic N) is 4. The maximum atomic E-state index is 4.62. The van der Waals surface area contributed by atoms with E-state index < -0.39 is 0 Å². The highest BCUT2D eigenvalue weighted by atomic mass is 32.1. The molecule has 4 aromatic rings. The highest BCUT2D eigenvalue weighted by molar-refractivity contribution is 7.13. The fourth-order valence-electron chi connectivity index (χ4n) is 1.93. The minimum Gasteiger partial charge on any atom is -0.244 e. The van der Waals surface area contributed by atoms with Crippen LogP contribution in [0.3, 0.4) is 0 Å². The summed E-state index contributed by atoms with van der Waals surface area (Å²) in [5, 5.41) is 4.12. The van der Waals surface area contributed by atoms with Gasteiger partial charge in [-0.3, -0.25) is 0 Å². The lowest BCUT2D eigenvalue weighted by Crippen LogP contribution is -1.87. The predicted octanol–water partition coefficient (Wildman–Crippen LogP) is 2.79. The van der Waals surface area contributed by atoms with E-state index in [-0.39, 0.29) is 0 Å². The molecule has 0 N–H and O–H groups in total. The number of rotatable bonds is 0. The molecular weight excluding hydrogens is 232 g/mol. The van der Waals surface area contributed by atoms with Crippen molar-refractivity contribution in [2.24, 2.45) is 0 Å². The summed E-state index contributed by atoms with van der Waals surface area (Å²) < 4.78 is 5.00. The van der Waals surface area contributed by atoms with Crippen molar-refractivity contribution in [1.82, 2.24) is 19.6 Å². The molecule has 0 fully saturated rings. The number of benzene rings is 2. The molecule has 0 aliphatic heterocycles. The van der Waals surface area contributed by atoms with E-state index in [1.165, 1.54) is 11.5 Å². The van der Waals surface area contributed by atoms with Crippen LogP contribution in [0.15, 0.2) is 36.4 Å². The third-order valence-corrected chi connectivity index (χ3v) is 3.42. The molecule has 4 nitrogen and oxygen atoms in total. The third-order valence-electron chi connectivity index (χ3n) is 2.73. The van der Waals surface area contributed by atoms with Crippen molar-refractivity contribution < 1.29 is 0 Å². The van der Waals surface area contributed by atoms with Crippen LogP contribution in [0.2, 0.25) is 0 Å². The molecule has 4 rings (SSSR count). The fraction of sp³-hybridized carbons (Fsp3) is 0. The Bertz CT molecular complexity index is 853. The molecule has 0 aliphatic carbocycles. The van der Waals surface area contributed by atoms with Crippen molar-refractivity contribution in [2.45, 2.75) is 0 Å². The van der Waals surface area contributed by atoms with Gasteiger partial charge in [0, 0.05) is 0 Å². The van der Waals surface area contributed by atoms with Crippen LogP contribution in [0.5, 0.6) is 0 Å². The van der Waals surface area contributed by atoms with Crippen LogP contribution in [0.1, 0.15) is 0 Å². The number of hydrogen-bond donors (Lipinski definition) is 0. The Morgan fingerprint density at radius 2 is 1.59 bits per heavy atom. The Labute approximate surface area is 100 Å². The smallest absolute Gasteiger partial charge is 0.133 e. The molecule has 0 amide bonds. The van der Waals surface area contributed by atoms with Crippen molar-refractivity contribution in [1.29, 1.82) is 0 Å². The van der Waals surface area contributed by atoms with Crippen molar-refractivity contribution in [3.63, 3.8) is 0 Å². The first-order valence-corrected chi connectivity index (χ1v) is 5.97. The topological polar surface area (TPSA) is 51.6 Å². The van der Waals surface area contributed by atoms with Gasteiger partial charge in [-0.15, -0.1) is 5.10 Å². The standard InChI is InChI=1S/C12H6N4S/c1-2-4-8-7(3-1)13-9-5-6-10-12(11(9)14-8)15-16-17-10/h1-6H. The highest BCUT2D eigenvalue weighted by Crippen LogP contribution is 2.24. The Morgan fingerprint density at radius 3 is 2.47 bits per heavy atom. The Hall–Kier alpha value is -2.14. The van der Waals surface area contributed by atoms with Gasteiger partial charge in [0.2, 0.25) is 0 Å². The first kappa shape index (κ1) is 8.95. The highest BCUT2D eigenvalue weighted by Gasteiger charge is 2.07. The van der Waals surface area contributed by atoms with Gasteiger partial charge >= 0.3 is 0 Å². The Balaban J connectivity index is 2.29. The number of hydrogen-bond acceptors (Lipinski definition) is 5. The zero-order valence-electron chi connectivity index (χ0n) is 8.66.